The molecule has 0 aromatic carbocycles. The van der Waals surface area contributed by atoms with Crippen LogP contribution in [0.4, 0.5) is 4.79 Å². The van der Waals surface area contributed by atoms with Crippen LogP contribution >= 0.6 is 0 Å². The van der Waals surface area contributed by atoms with Crippen LogP contribution in [-0.4, -0.2) is 81.6 Å². The SMILES string of the molecule is CCN1CCN(C(=O)N2CCCC(Oc3cccnn3)C2)C(=O)C1=O. The Labute approximate surface area is 145 Å². The van der Waals surface area contributed by atoms with Crippen LogP contribution in [0.1, 0.15) is 19.8 Å². The summed E-state index contributed by atoms with van der Waals surface area (Å²) >= 11 is 0. The van der Waals surface area contributed by atoms with Crippen LogP contribution in [0.15, 0.2) is 18.3 Å². The van der Waals surface area contributed by atoms with E-state index >= 15 is 0 Å². The zero-order chi connectivity index (χ0) is 17.8. The van der Waals surface area contributed by atoms with E-state index in [0.717, 1.165) is 17.7 Å². The molecular weight excluding hydrogens is 326 g/mol. The molecule has 0 spiro atoms. The Kier molecular flexibility index (Phi) is 5.11. The van der Waals surface area contributed by atoms with Crippen molar-refractivity contribution in [1.82, 2.24) is 24.9 Å². The first-order valence-corrected chi connectivity index (χ1v) is 8.44. The number of rotatable bonds is 3. The molecule has 0 bridgehead atoms. The van der Waals surface area contributed by atoms with E-state index in [9.17, 15) is 14.4 Å². The first-order valence-electron chi connectivity index (χ1n) is 8.44. The Balaban J connectivity index is 1.62. The number of urea groups is 1. The molecule has 2 aliphatic rings. The number of hydrogen-bond acceptors (Lipinski definition) is 6. The molecule has 9 nitrogen and oxygen atoms in total. The average molecular weight is 347 g/mol. The maximum atomic E-state index is 12.7. The number of piperazine rings is 1. The molecule has 25 heavy (non-hydrogen) atoms. The van der Waals surface area contributed by atoms with Gasteiger partial charge in [-0.05, 0) is 25.8 Å². The van der Waals surface area contributed by atoms with Crippen molar-refractivity contribution in [3.8, 4) is 5.88 Å². The number of piperidine rings is 1. The zero-order valence-corrected chi connectivity index (χ0v) is 14.1. The molecule has 1 unspecified atom stereocenters. The maximum Gasteiger partial charge on any atom is 0.327 e. The smallest absolute Gasteiger partial charge is 0.327 e. The Morgan fingerprint density at radius 2 is 2.12 bits per heavy atom. The molecule has 2 saturated heterocycles. The van der Waals surface area contributed by atoms with Crippen molar-refractivity contribution >= 4 is 17.8 Å². The van der Waals surface area contributed by atoms with Crippen molar-refractivity contribution in [1.29, 1.82) is 0 Å². The molecule has 0 saturated carbocycles. The van der Waals surface area contributed by atoms with Crippen molar-refractivity contribution < 1.29 is 19.1 Å². The number of likely N-dealkylation sites (N-methyl/N-ethyl adjacent to an activating group) is 1. The third-order valence-electron chi connectivity index (χ3n) is 4.41. The minimum absolute atomic E-state index is 0.211. The van der Waals surface area contributed by atoms with E-state index in [2.05, 4.69) is 10.2 Å². The maximum absolute atomic E-state index is 12.7. The van der Waals surface area contributed by atoms with E-state index in [0.29, 0.717) is 32.1 Å². The lowest BCUT2D eigenvalue weighted by Crippen LogP contribution is -2.60. The molecule has 9 heteroatoms. The lowest BCUT2D eigenvalue weighted by molar-refractivity contribution is -0.154. The lowest BCUT2D eigenvalue weighted by Gasteiger charge is -2.38. The fourth-order valence-electron chi connectivity index (χ4n) is 3.06. The van der Waals surface area contributed by atoms with Crippen molar-refractivity contribution in [2.45, 2.75) is 25.9 Å². The molecule has 4 amide bonds. The third-order valence-corrected chi connectivity index (χ3v) is 4.41. The molecule has 3 rings (SSSR count). The Morgan fingerprint density at radius 3 is 2.84 bits per heavy atom. The van der Waals surface area contributed by atoms with Crippen LogP contribution in [0.2, 0.25) is 0 Å². The second kappa shape index (κ2) is 7.45. The van der Waals surface area contributed by atoms with Gasteiger partial charge in [-0.25, -0.2) is 4.79 Å². The van der Waals surface area contributed by atoms with Crippen molar-refractivity contribution in [2.24, 2.45) is 0 Å². The number of carbonyl (C=O) groups excluding carboxylic acids is 3. The number of nitrogens with zero attached hydrogens (tertiary/aromatic N) is 5. The summed E-state index contributed by atoms with van der Waals surface area (Å²) in [5.41, 5.74) is 0. The summed E-state index contributed by atoms with van der Waals surface area (Å²) in [6.45, 7) is 3.76. The zero-order valence-electron chi connectivity index (χ0n) is 14.1. The number of aromatic nitrogens is 2. The summed E-state index contributed by atoms with van der Waals surface area (Å²) in [4.78, 5) is 40.9. The quantitative estimate of drug-likeness (QED) is 0.721. The minimum atomic E-state index is -0.755. The molecule has 1 atom stereocenters. The highest BCUT2D eigenvalue weighted by Crippen LogP contribution is 2.18. The summed E-state index contributed by atoms with van der Waals surface area (Å²) in [6, 6.07) is 3.01. The second-order valence-corrected chi connectivity index (χ2v) is 6.01. The molecule has 2 aliphatic heterocycles. The average Bonchev–Trinajstić information content (AvgIpc) is 2.64. The Morgan fingerprint density at radius 1 is 1.28 bits per heavy atom. The molecule has 1 aromatic rings. The van der Waals surface area contributed by atoms with Gasteiger partial charge in [0, 0.05) is 38.4 Å². The van der Waals surface area contributed by atoms with Crippen LogP contribution in [-0.2, 0) is 9.59 Å². The van der Waals surface area contributed by atoms with Gasteiger partial charge in [0.15, 0.2) is 0 Å². The molecule has 3 heterocycles. The fourth-order valence-corrected chi connectivity index (χ4v) is 3.06. The molecule has 2 fully saturated rings. The first-order chi connectivity index (χ1) is 12.1. The highest BCUT2D eigenvalue weighted by molar-refractivity contribution is 6.38. The Hall–Kier alpha value is -2.71. The van der Waals surface area contributed by atoms with Crippen molar-refractivity contribution in [3.05, 3.63) is 18.3 Å². The van der Waals surface area contributed by atoms with E-state index in [1.165, 1.54) is 4.90 Å². The largest absolute Gasteiger partial charge is 0.471 e. The number of ether oxygens (including phenoxy) is 1. The summed E-state index contributed by atoms with van der Waals surface area (Å²) in [5.74, 6) is -0.967. The van der Waals surface area contributed by atoms with Gasteiger partial charge in [0.25, 0.3) is 0 Å². The minimum Gasteiger partial charge on any atom is -0.471 e. The van der Waals surface area contributed by atoms with Crippen LogP contribution in [0, 0.1) is 0 Å². The molecule has 0 N–H and O–H groups in total. The normalized spacial score (nSPS) is 21.5. The Bertz CT molecular complexity index is 653. The van der Waals surface area contributed by atoms with Crippen molar-refractivity contribution in [3.63, 3.8) is 0 Å². The lowest BCUT2D eigenvalue weighted by atomic mass is 10.1. The molecule has 1 aromatic heterocycles. The third kappa shape index (κ3) is 3.70. The monoisotopic (exact) mass is 347 g/mol. The number of imide groups is 1. The van der Waals surface area contributed by atoms with E-state index in [1.54, 1.807) is 23.2 Å². The molecule has 134 valence electrons. The van der Waals surface area contributed by atoms with Gasteiger partial charge in [-0.2, -0.15) is 5.10 Å². The second-order valence-electron chi connectivity index (χ2n) is 6.01. The molecule has 0 radical (unpaired) electrons. The van der Waals surface area contributed by atoms with Crippen LogP contribution < -0.4 is 4.74 Å². The van der Waals surface area contributed by atoms with Gasteiger partial charge in [0.2, 0.25) is 5.88 Å². The summed E-state index contributed by atoms with van der Waals surface area (Å²) in [5, 5.41) is 7.64. The van der Waals surface area contributed by atoms with Gasteiger partial charge in [0.05, 0.1) is 6.54 Å². The summed E-state index contributed by atoms with van der Waals surface area (Å²) < 4.78 is 5.76. The topological polar surface area (TPSA) is 95.9 Å². The van der Waals surface area contributed by atoms with E-state index in [1.807, 2.05) is 6.92 Å². The van der Waals surface area contributed by atoms with E-state index in [-0.39, 0.29) is 12.6 Å². The van der Waals surface area contributed by atoms with Crippen LogP contribution in [0.25, 0.3) is 0 Å². The van der Waals surface area contributed by atoms with Crippen LogP contribution in [0.3, 0.4) is 0 Å². The molecule has 0 aliphatic carbocycles. The van der Waals surface area contributed by atoms with Crippen LogP contribution in [0.5, 0.6) is 5.88 Å². The standard InChI is InChI=1S/C16H21N5O4/c1-2-19-9-10-21(15(23)14(19)22)16(24)20-8-4-5-12(11-20)25-13-6-3-7-17-18-13/h3,6-7,12H,2,4-5,8-11H2,1H3. The van der Waals surface area contributed by atoms with E-state index in [4.69, 9.17) is 4.74 Å². The van der Waals surface area contributed by atoms with Gasteiger partial charge in [-0.3, -0.25) is 14.5 Å². The highest BCUT2D eigenvalue weighted by atomic mass is 16.5. The van der Waals surface area contributed by atoms with E-state index < -0.39 is 17.8 Å². The number of carbonyl (C=O) groups is 3. The highest BCUT2D eigenvalue weighted by Gasteiger charge is 2.38. The van der Waals surface area contributed by atoms with Gasteiger partial charge in [-0.15, -0.1) is 5.10 Å². The summed E-state index contributed by atoms with van der Waals surface area (Å²) in [7, 11) is 0. The summed E-state index contributed by atoms with van der Waals surface area (Å²) in [6.07, 6.45) is 2.89. The fraction of sp³-hybridized carbons (Fsp3) is 0.562. The predicted molar refractivity (Wildman–Crippen MR) is 86.6 cm³/mol. The van der Waals surface area contributed by atoms with Gasteiger partial charge in [0.1, 0.15) is 6.10 Å². The predicted octanol–water partition coefficient (Wildman–Crippen LogP) is 0.131. The van der Waals surface area contributed by atoms with Gasteiger partial charge in [-0.1, -0.05) is 0 Å². The number of amides is 4. The first kappa shape index (κ1) is 17.1. The number of likely N-dealkylation sites (tertiary alicyclic amines) is 1. The van der Waals surface area contributed by atoms with Gasteiger partial charge < -0.3 is 14.5 Å². The van der Waals surface area contributed by atoms with Gasteiger partial charge >= 0.3 is 17.8 Å². The molecular formula is C16H21N5O4. The van der Waals surface area contributed by atoms with Crippen molar-refractivity contribution in [2.75, 3.05) is 32.7 Å². The number of hydrogen-bond donors (Lipinski definition) is 0.